The maximum atomic E-state index is 6.19. The summed E-state index contributed by atoms with van der Waals surface area (Å²) in [6.45, 7) is 2.52. The van der Waals surface area contributed by atoms with Gasteiger partial charge in [-0.1, -0.05) is 23.2 Å². The van der Waals surface area contributed by atoms with Gasteiger partial charge in [0, 0.05) is 33.5 Å². The van der Waals surface area contributed by atoms with Crippen molar-refractivity contribution in [3.63, 3.8) is 0 Å². The number of nitrogens with zero attached hydrogens (tertiary/aromatic N) is 2. The van der Waals surface area contributed by atoms with E-state index >= 15 is 0 Å². The van der Waals surface area contributed by atoms with Gasteiger partial charge in [-0.3, -0.25) is 0 Å². The second-order valence-electron chi connectivity index (χ2n) is 6.93. The van der Waals surface area contributed by atoms with Crippen LogP contribution in [0.4, 0.5) is 11.4 Å². The fourth-order valence-corrected chi connectivity index (χ4v) is 3.91. The summed E-state index contributed by atoms with van der Waals surface area (Å²) in [6, 6.07) is 19.8. The van der Waals surface area contributed by atoms with Crippen LogP contribution < -0.4 is 19.3 Å². The summed E-state index contributed by atoms with van der Waals surface area (Å²) in [5.74, 6) is 1.82. The van der Waals surface area contributed by atoms with E-state index in [4.69, 9.17) is 32.7 Å². The molecular weight excluding hydrogens is 395 g/mol. The number of ether oxygens (including phenoxy) is 2. The van der Waals surface area contributed by atoms with Crippen LogP contribution in [0.25, 0.3) is 0 Å². The Balaban J connectivity index is 1.42. The van der Waals surface area contributed by atoms with Gasteiger partial charge in [0.05, 0.1) is 12.1 Å². The zero-order valence-electron chi connectivity index (χ0n) is 15.1. The standard InChI is InChI=1S/C22H18Cl2N2O2/c23-16-2-6-18(7-3-16)25-11-15-1-10-21-20(22(15)28-14-25)12-26(13-27-21)19-8-4-17(24)5-9-19/h1-10H,11-14H2. The van der Waals surface area contributed by atoms with Crippen molar-refractivity contribution in [1.29, 1.82) is 0 Å². The van der Waals surface area contributed by atoms with Gasteiger partial charge in [0.1, 0.15) is 11.5 Å². The van der Waals surface area contributed by atoms with Gasteiger partial charge in [-0.2, -0.15) is 0 Å². The van der Waals surface area contributed by atoms with Gasteiger partial charge in [-0.15, -0.1) is 0 Å². The van der Waals surface area contributed by atoms with E-state index in [9.17, 15) is 0 Å². The van der Waals surface area contributed by atoms with E-state index in [-0.39, 0.29) is 0 Å². The van der Waals surface area contributed by atoms with Crippen molar-refractivity contribution in [2.75, 3.05) is 23.3 Å². The molecule has 2 aliphatic heterocycles. The Morgan fingerprint density at radius 2 is 1.21 bits per heavy atom. The van der Waals surface area contributed by atoms with E-state index in [1.165, 1.54) is 0 Å². The highest BCUT2D eigenvalue weighted by Gasteiger charge is 2.27. The molecule has 5 rings (SSSR count). The predicted octanol–water partition coefficient (Wildman–Crippen LogP) is 5.71. The quantitative estimate of drug-likeness (QED) is 0.538. The third kappa shape index (κ3) is 3.23. The largest absolute Gasteiger partial charge is 0.473 e. The molecule has 4 nitrogen and oxygen atoms in total. The molecule has 0 fully saturated rings. The minimum atomic E-state index is 0.492. The van der Waals surface area contributed by atoms with Crippen LogP contribution in [-0.2, 0) is 13.1 Å². The molecule has 0 aromatic heterocycles. The number of benzene rings is 3. The summed E-state index contributed by atoms with van der Waals surface area (Å²) < 4.78 is 12.2. The number of rotatable bonds is 2. The maximum Gasteiger partial charge on any atom is 0.161 e. The fourth-order valence-electron chi connectivity index (χ4n) is 3.66. The maximum absolute atomic E-state index is 6.19. The molecule has 0 aliphatic carbocycles. The lowest BCUT2D eigenvalue weighted by Gasteiger charge is -2.36. The number of anilines is 2. The first-order chi connectivity index (χ1) is 13.7. The van der Waals surface area contributed by atoms with Crippen molar-refractivity contribution in [2.45, 2.75) is 13.1 Å². The van der Waals surface area contributed by atoms with E-state index in [0.29, 0.717) is 13.5 Å². The zero-order valence-corrected chi connectivity index (χ0v) is 16.6. The Kier molecular flexibility index (Phi) is 4.46. The van der Waals surface area contributed by atoms with Crippen LogP contribution in [0.1, 0.15) is 11.1 Å². The molecule has 3 aromatic rings. The Labute approximate surface area is 173 Å². The molecule has 0 radical (unpaired) electrons. The summed E-state index contributed by atoms with van der Waals surface area (Å²) in [5.41, 5.74) is 4.41. The van der Waals surface area contributed by atoms with E-state index in [0.717, 1.165) is 57.1 Å². The fraction of sp³-hybridized carbons (Fsp3) is 0.182. The molecule has 0 atom stereocenters. The topological polar surface area (TPSA) is 24.9 Å². The van der Waals surface area contributed by atoms with Crippen molar-refractivity contribution in [1.82, 2.24) is 0 Å². The first-order valence-electron chi connectivity index (χ1n) is 9.09. The lowest BCUT2D eigenvalue weighted by atomic mass is 10.0. The van der Waals surface area contributed by atoms with E-state index in [1.54, 1.807) is 0 Å². The first kappa shape index (κ1) is 17.5. The average Bonchev–Trinajstić information content (AvgIpc) is 2.74. The smallest absolute Gasteiger partial charge is 0.161 e. The Morgan fingerprint density at radius 1 is 0.643 bits per heavy atom. The molecule has 0 spiro atoms. The highest BCUT2D eigenvalue weighted by Crippen LogP contribution is 2.40. The average molecular weight is 413 g/mol. The molecule has 0 unspecified atom stereocenters. The zero-order chi connectivity index (χ0) is 19.1. The molecule has 0 N–H and O–H groups in total. The second-order valence-corrected chi connectivity index (χ2v) is 7.80. The van der Waals surface area contributed by atoms with E-state index in [2.05, 4.69) is 15.9 Å². The molecule has 0 bridgehead atoms. The number of halogens is 2. The van der Waals surface area contributed by atoms with Crippen LogP contribution in [0.3, 0.4) is 0 Å². The third-order valence-electron chi connectivity index (χ3n) is 5.13. The van der Waals surface area contributed by atoms with Crippen LogP contribution in [0.15, 0.2) is 60.7 Å². The van der Waals surface area contributed by atoms with Crippen molar-refractivity contribution >= 4 is 34.6 Å². The van der Waals surface area contributed by atoms with Gasteiger partial charge in [0.2, 0.25) is 0 Å². The summed E-state index contributed by atoms with van der Waals surface area (Å²) in [5, 5.41) is 1.46. The number of fused-ring (bicyclic) bond motifs is 3. The first-order valence-corrected chi connectivity index (χ1v) is 9.84. The highest BCUT2D eigenvalue weighted by atomic mass is 35.5. The Bertz CT molecular complexity index is 1010. The molecule has 2 aliphatic rings. The molecule has 3 aromatic carbocycles. The lowest BCUT2D eigenvalue weighted by molar-refractivity contribution is 0.260. The molecule has 0 saturated carbocycles. The van der Waals surface area contributed by atoms with Gasteiger partial charge in [0.25, 0.3) is 0 Å². The number of hydrogen-bond acceptors (Lipinski definition) is 4. The summed E-state index contributed by atoms with van der Waals surface area (Å²) in [6.07, 6.45) is 0. The van der Waals surface area contributed by atoms with Crippen LogP contribution in [0.5, 0.6) is 11.5 Å². The van der Waals surface area contributed by atoms with E-state index in [1.807, 2.05) is 54.6 Å². The molecule has 2 heterocycles. The minimum absolute atomic E-state index is 0.492. The van der Waals surface area contributed by atoms with Crippen molar-refractivity contribution < 1.29 is 9.47 Å². The summed E-state index contributed by atoms with van der Waals surface area (Å²) in [7, 11) is 0. The normalized spacial score (nSPS) is 15.4. The minimum Gasteiger partial charge on any atom is -0.473 e. The molecule has 0 amide bonds. The SMILES string of the molecule is Clc1ccc(N2COc3c(ccc4c3CN(c3ccc(Cl)cc3)CO4)C2)cc1. The second kappa shape index (κ2) is 7.12. The Hall–Kier alpha value is -2.56. The highest BCUT2D eigenvalue weighted by molar-refractivity contribution is 6.30. The van der Waals surface area contributed by atoms with Crippen molar-refractivity contribution in [2.24, 2.45) is 0 Å². The predicted molar refractivity (Wildman–Crippen MR) is 113 cm³/mol. The van der Waals surface area contributed by atoms with Crippen LogP contribution in [-0.4, -0.2) is 13.5 Å². The molecular formula is C22H18Cl2N2O2. The van der Waals surface area contributed by atoms with Crippen molar-refractivity contribution in [3.8, 4) is 11.5 Å². The Morgan fingerprint density at radius 3 is 1.86 bits per heavy atom. The van der Waals surface area contributed by atoms with Gasteiger partial charge in [-0.05, 0) is 60.7 Å². The van der Waals surface area contributed by atoms with Crippen LogP contribution in [0, 0.1) is 0 Å². The van der Waals surface area contributed by atoms with Crippen LogP contribution in [0.2, 0.25) is 10.0 Å². The molecule has 0 saturated heterocycles. The van der Waals surface area contributed by atoms with Crippen LogP contribution >= 0.6 is 23.2 Å². The lowest BCUT2D eigenvalue weighted by Crippen LogP contribution is -2.35. The van der Waals surface area contributed by atoms with Crippen molar-refractivity contribution in [3.05, 3.63) is 81.8 Å². The number of hydrogen-bond donors (Lipinski definition) is 0. The molecule has 142 valence electrons. The van der Waals surface area contributed by atoms with Gasteiger partial charge < -0.3 is 19.3 Å². The van der Waals surface area contributed by atoms with Gasteiger partial charge in [0.15, 0.2) is 13.5 Å². The monoisotopic (exact) mass is 412 g/mol. The molecule has 28 heavy (non-hydrogen) atoms. The molecule has 6 heteroatoms. The summed E-state index contributed by atoms with van der Waals surface area (Å²) in [4.78, 5) is 4.36. The van der Waals surface area contributed by atoms with Gasteiger partial charge >= 0.3 is 0 Å². The summed E-state index contributed by atoms with van der Waals surface area (Å²) >= 11 is 12.0. The van der Waals surface area contributed by atoms with E-state index < -0.39 is 0 Å². The third-order valence-corrected chi connectivity index (χ3v) is 5.64. The van der Waals surface area contributed by atoms with Gasteiger partial charge in [-0.25, -0.2) is 0 Å².